The quantitative estimate of drug-likeness (QED) is 0.644. The second-order valence-electron chi connectivity index (χ2n) is 4.73. The van der Waals surface area contributed by atoms with Crippen LogP contribution in [0.5, 0.6) is 0 Å². The molecule has 0 spiro atoms. The molecular formula is C10H23N3O4S2. The Labute approximate surface area is 116 Å². The summed E-state index contributed by atoms with van der Waals surface area (Å²) in [7, 11) is -4.75. The fourth-order valence-electron chi connectivity index (χ4n) is 1.86. The number of nitrogens with one attached hydrogen (secondary N) is 1. The second kappa shape index (κ2) is 6.98. The lowest BCUT2D eigenvalue weighted by Gasteiger charge is -2.31. The molecule has 0 aliphatic carbocycles. The van der Waals surface area contributed by atoms with Crippen LogP contribution in [0.3, 0.4) is 0 Å². The van der Waals surface area contributed by atoms with Gasteiger partial charge >= 0.3 is 0 Å². The highest BCUT2D eigenvalue weighted by atomic mass is 32.2. The molecule has 1 rings (SSSR count). The van der Waals surface area contributed by atoms with Gasteiger partial charge < -0.3 is 4.90 Å². The fourth-order valence-corrected chi connectivity index (χ4v) is 4.42. The van der Waals surface area contributed by atoms with Crippen LogP contribution in [0, 0.1) is 0 Å². The Morgan fingerprint density at radius 2 is 1.58 bits per heavy atom. The molecule has 0 amide bonds. The first-order chi connectivity index (χ1) is 8.77. The number of piperazine rings is 1. The van der Waals surface area contributed by atoms with Crippen molar-refractivity contribution in [2.45, 2.75) is 13.3 Å². The molecule has 1 saturated heterocycles. The lowest BCUT2D eigenvalue weighted by atomic mass is 10.4. The second-order valence-corrected chi connectivity index (χ2v) is 8.75. The van der Waals surface area contributed by atoms with E-state index in [4.69, 9.17) is 0 Å². The lowest BCUT2D eigenvalue weighted by molar-refractivity contribution is 0.222. The third kappa shape index (κ3) is 5.74. The molecule has 1 aliphatic heterocycles. The van der Waals surface area contributed by atoms with Crippen LogP contribution >= 0.6 is 0 Å². The zero-order valence-corrected chi connectivity index (χ0v) is 13.1. The van der Waals surface area contributed by atoms with Crippen LogP contribution in [0.25, 0.3) is 0 Å². The summed E-state index contributed by atoms with van der Waals surface area (Å²) in [5, 5.41) is 0. The van der Waals surface area contributed by atoms with Crippen LogP contribution in [0.4, 0.5) is 0 Å². The van der Waals surface area contributed by atoms with Gasteiger partial charge in [0.25, 0.3) is 0 Å². The summed E-state index contributed by atoms with van der Waals surface area (Å²) in [5.74, 6) is -0.152. The van der Waals surface area contributed by atoms with Gasteiger partial charge in [0.15, 0.2) is 0 Å². The maximum Gasteiger partial charge on any atom is 0.215 e. The van der Waals surface area contributed by atoms with E-state index in [9.17, 15) is 16.8 Å². The number of hydrogen-bond donors (Lipinski definition) is 1. The number of likely N-dealkylation sites (N-methyl/N-ethyl adjacent to an activating group) is 1. The van der Waals surface area contributed by atoms with Crippen molar-refractivity contribution in [2.24, 2.45) is 0 Å². The van der Waals surface area contributed by atoms with Gasteiger partial charge in [-0.3, -0.25) is 0 Å². The normalized spacial score (nSPS) is 19.7. The highest BCUT2D eigenvalue weighted by Gasteiger charge is 2.25. The number of sulfonamides is 2. The molecule has 0 saturated carbocycles. The molecule has 1 heterocycles. The molecule has 1 aliphatic rings. The van der Waals surface area contributed by atoms with Crippen molar-refractivity contribution in [3.05, 3.63) is 0 Å². The molecule has 19 heavy (non-hydrogen) atoms. The molecule has 114 valence electrons. The molecule has 0 radical (unpaired) electrons. The van der Waals surface area contributed by atoms with E-state index in [1.165, 1.54) is 4.31 Å². The van der Waals surface area contributed by atoms with Crippen LogP contribution in [-0.4, -0.2) is 77.3 Å². The van der Waals surface area contributed by atoms with E-state index < -0.39 is 20.0 Å². The molecule has 0 aromatic carbocycles. The first-order valence-electron chi connectivity index (χ1n) is 6.40. The van der Waals surface area contributed by atoms with Gasteiger partial charge in [0.05, 0.1) is 11.5 Å². The van der Waals surface area contributed by atoms with E-state index in [2.05, 4.69) is 9.62 Å². The molecule has 0 atom stereocenters. The summed E-state index contributed by atoms with van der Waals surface area (Å²) in [5.41, 5.74) is 0. The maximum atomic E-state index is 12.0. The van der Waals surface area contributed by atoms with E-state index in [1.54, 1.807) is 6.92 Å². The minimum absolute atomic E-state index is 0.0293. The smallest absolute Gasteiger partial charge is 0.215 e. The number of rotatable bonds is 7. The SMILES string of the molecule is CCCS(=O)(=O)NCCS(=O)(=O)N1CCN(C)CC1. The topological polar surface area (TPSA) is 86.8 Å². The molecule has 0 aromatic rings. The minimum Gasteiger partial charge on any atom is -0.304 e. The van der Waals surface area contributed by atoms with E-state index in [0.29, 0.717) is 32.6 Å². The summed E-state index contributed by atoms with van der Waals surface area (Å²) < 4.78 is 50.6. The molecule has 0 bridgehead atoms. The Morgan fingerprint density at radius 3 is 2.11 bits per heavy atom. The Kier molecular flexibility index (Phi) is 6.18. The average Bonchev–Trinajstić information content (AvgIpc) is 2.28. The molecule has 9 heteroatoms. The van der Waals surface area contributed by atoms with Gasteiger partial charge in [0.1, 0.15) is 0 Å². The van der Waals surface area contributed by atoms with E-state index in [-0.39, 0.29) is 18.1 Å². The standard InChI is InChI=1S/C10H23N3O4S2/c1-3-9-18(14,15)11-4-10-19(16,17)13-7-5-12(2)6-8-13/h11H,3-10H2,1-2H3. The fraction of sp³-hybridized carbons (Fsp3) is 1.00. The Hall–Kier alpha value is -0.220. The summed E-state index contributed by atoms with van der Waals surface area (Å²) in [6, 6.07) is 0. The molecule has 1 fully saturated rings. The van der Waals surface area contributed by atoms with Crippen molar-refractivity contribution in [3.8, 4) is 0 Å². The molecule has 0 aromatic heterocycles. The van der Waals surface area contributed by atoms with Gasteiger partial charge in [0.2, 0.25) is 20.0 Å². The van der Waals surface area contributed by atoms with Crippen molar-refractivity contribution in [2.75, 3.05) is 51.3 Å². The Balaban J connectivity index is 2.43. The summed E-state index contributed by atoms with van der Waals surface area (Å²) in [6.45, 7) is 4.07. The predicted octanol–water partition coefficient (Wildman–Crippen LogP) is -1.11. The van der Waals surface area contributed by atoms with Crippen molar-refractivity contribution < 1.29 is 16.8 Å². The summed E-state index contributed by atoms with van der Waals surface area (Å²) in [4.78, 5) is 2.07. The van der Waals surface area contributed by atoms with Crippen molar-refractivity contribution in [1.29, 1.82) is 0 Å². The first kappa shape index (κ1) is 16.8. The Bertz CT molecular complexity index is 467. The van der Waals surface area contributed by atoms with Crippen molar-refractivity contribution in [3.63, 3.8) is 0 Å². The number of hydrogen-bond acceptors (Lipinski definition) is 5. The maximum absolute atomic E-state index is 12.0. The molecular weight excluding hydrogens is 290 g/mol. The van der Waals surface area contributed by atoms with Gasteiger partial charge in [-0.25, -0.2) is 21.6 Å². The average molecular weight is 313 g/mol. The van der Waals surface area contributed by atoms with Crippen LogP contribution in [0.15, 0.2) is 0 Å². The van der Waals surface area contributed by atoms with E-state index in [1.807, 2.05) is 7.05 Å². The van der Waals surface area contributed by atoms with Crippen LogP contribution in [0.1, 0.15) is 13.3 Å². The van der Waals surface area contributed by atoms with Gasteiger partial charge in [-0.05, 0) is 13.5 Å². The zero-order valence-electron chi connectivity index (χ0n) is 11.5. The first-order valence-corrected chi connectivity index (χ1v) is 9.66. The highest BCUT2D eigenvalue weighted by molar-refractivity contribution is 7.90. The van der Waals surface area contributed by atoms with Crippen molar-refractivity contribution >= 4 is 20.0 Å². The Morgan fingerprint density at radius 1 is 1.00 bits per heavy atom. The third-order valence-corrected chi connectivity index (χ3v) is 6.47. The zero-order chi connectivity index (χ0) is 14.5. The summed E-state index contributed by atoms with van der Waals surface area (Å²) >= 11 is 0. The van der Waals surface area contributed by atoms with Gasteiger partial charge in [0, 0.05) is 32.7 Å². The van der Waals surface area contributed by atoms with Crippen molar-refractivity contribution in [1.82, 2.24) is 13.9 Å². The molecule has 0 unspecified atom stereocenters. The van der Waals surface area contributed by atoms with Crippen LogP contribution in [-0.2, 0) is 20.0 Å². The molecule has 7 nitrogen and oxygen atoms in total. The predicted molar refractivity (Wildman–Crippen MR) is 74.9 cm³/mol. The largest absolute Gasteiger partial charge is 0.304 e. The van der Waals surface area contributed by atoms with Gasteiger partial charge in [-0.2, -0.15) is 4.31 Å². The van der Waals surface area contributed by atoms with Crippen LogP contribution < -0.4 is 4.72 Å². The minimum atomic E-state index is -3.36. The van der Waals surface area contributed by atoms with Gasteiger partial charge in [-0.15, -0.1) is 0 Å². The third-order valence-electron chi connectivity index (χ3n) is 3.01. The van der Waals surface area contributed by atoms with Gasteiger partial charge in [-0.1, -0.05) is 6.92 Å². The monoisotopic (exact) mass is 313 g/mol. The van der Waals surface area contributed by atoms with E-state index >= 15 is 0 Å². The lowest BCUT2D eigenvalue weighted by Crippen LogP contribution is -2.48. The number of nitrogens with zero attached hydrogens (tertiary/aromatic N) is 2. The summed E-state index contributed by atoms with van der Waals surface area (Å²) in [6.07, 6.45) is 0.514. The highest BCUT2D eigenvalue weighted by Crippen LogP contribution is 2.06. The van der Waals surface area contributed by atoms with E-state index in [0.717, 1.165) is 0 Å². The van der Waals surface area contributed by atoms with Crippen LogP contribution in [0.2, 0.25) is 0 Å². The molecule has 1 N–H and O–H groups in total.